The van der Waals surface area contributed by atoms with Crippen molar-refractivity contribution in [1.82, 2.24) is 10.4 Å². The van der Waals surface area contributed by atoms with E-state index in [1.54, 1.807) is 0 Å². The van der Waals surface area contributed by atoms with Crippen LogP contribution in [0.5, 0.6) is 0 Å². The Bertz CT molecular complexity index is 140. The van der Waals surface area contributed by atoms with Gasteiger partial charge in [-0.2, -0.15) is 0 Å². The van der Waals surface area contributed by atoms with Gasteiger partial charge in [0.05, 0.1) is 0 Å². The van der Waals surface area contributed by atoms with Crippen LogP contribution in [-0.2, 0) is 0 Å². The third kappa shape index (κ3) is 0.833. The summed E-state index contributed by atoms with van der Waals surface area (Å²) in [4.78, 5) is 0. The summed E-state index contributed by atoms with van der Waals surface area (Å²) in [6.07, 6.45) is 6.31. The lowest BCUT2D eigenvalue weighted by Gasteiger charge is -2.26. The molecule has 1 saturated heterocycles. The van der Waals surface area contributed by atoms with Crippen molar-refractivity contribution in [1.29, 1.82) is 0 Å². The average molecular weight is 124 g/mol. The van der Waals surface area contributed by atoms with Crippen LogP contribution in [0.15, 0.2) is 11.8 Å². The number of hydrogen-bond acceptors (Lipinski definition) is 2. The van der Waals surface area contributed by atoms with Crippen LogP contribution < -0.4 is 5.43 Å². The first-order valence-corrected chi connectivity index (χ1v) is 3.67. The van der Waals surface area contributed by atoms with E-state index in [1.807, 2.05) is 0 Å². The number of allylic oxidation sites excluding steroid dienone is 1. The Hall–Kier alpha value is -0.500. The highest BCUT2D eigenvalue weighted by Gasteiger charge is 2.16. The summed E-state index contributed by atoms with van der Waals surface area (Å²) in [5.41, 5.74) is 4.81. The summed E-state index contributed by atoms with van der Waals surface area (Å²) in [6, 6.07) is 0. The zero-order valence-corrected chi connectivity index (χ0v) is 5.56. The minimum atomic E-state index is 1.05. The van der Waals surface area contributed by atoms with Gasteiger partial charge in [-0.1, -0.05) is 0 Å². The van der Waals surface area contributed by atoms with Crippen LogP contribution in [0, 0.1) is 0 Å². The molecule has 2 nitrogen and oxygen atoms in total. The second kappa shape index (κ2) is 2.03. The zero-order chi connectivity index (χ0) is 6.10. The molecule has 9 heavy (non-hydrogen) atoms. The standard InChI is InChI=1S/C7H12N2/c1-2-6-9-7(3-1)4-5-8-9/h4,8H,1-3,5-6H2. The summed E-state index contributed by atoms with van der Waals surface area (Å²) in [5.74, 6) is 0. The molecular weight excluding hydrogens is 112 g/mol. The van der Waals surface area contributed by atoms with Gasteiger partial charge in [0.15, 0.2) is 0 Å². The fraction of sp³-hybridized carbons (Fsp3) is 0.714. The van der Waals surface area contributed by atoms with Gasteiger partial charge in [0.25, 0.3) is 0 Å². The quantitative estimate of drug-likeness (QED) is 0.515. The SMILES string of the molecule is C1=C2CCCCN2NC1. The van der Waals surface area contributed by atoms with Gasteiger partial charge in [-0.3, -0.25) is 0 Å². The molecule has 2 rings (SSSR count). The topological polar surface area (TPSA) is 15.3 Å². The molecule has 0 unspecified atom stereocenters. The van der Waals surface area contributed by atoms with E-state index in [0.29, 0.717) is 0 Å². The van der Waals surface area contributed by atoms with Gasteiger partial charge < -0.3 is 5.01 Å². The van der Waals surface area contributed by atoms with Crippen molar-refractivity contribution in [2.24, 2.45) is 0 Å². The summed E-state index contributed by atoms with van der Waals surface area (Å²) in [7, 11) is 0. The van der Waals surface area contributed by atoms with E-state index < -0.39 is 0 Å². The van der Waals surface area contributed by atoms with Gasteiger partial charge in [-0.05, 0) is 25.3 Å². The first kappa shape index (κ1) is 5.30. The molecule has 2 heterocycles. The van der Waals surface area contributed by atoms with Gasteiger partial charge >= 0.3 is 0 Å². The molecule has 0 spiro atoms. The monoisotopic (exact) mass is 124 g/mol. The molecule has 0 aliphatic carbocycles. The molecule has 2 heteroatoms. The maximum absolute atomic E-state index is 3.30. The van der Waals surface area contributed by atoms with E-state index in [-0.39, 0.29) is 0 Å². The molecule has 1 N–H and O–H groups in total. The van der Waals surface area contributed by atoms with E-state index in [2.05, 4.69) is 16.5 Å². The molecule has 0 saturated carbocycles. The zero-order valence-electron chi connectivity index (χ0n) is 5.56. The van der Waals surface area contributed by atoms with Crippen LogP contribution >= 0.6 is 0 Å². The molecule has 1 fully saturated rings. The average Bonchev–Trinajstić information content (AvgIpc) is 2.33. The number of piperidine rings is 1. The first-order valence-electron chi connectivity index (χ1n) is 3.67. The van der Waals surface area contributed by atoms with Crippen molar-refractivity contribution < 1.29 is 0 Å². The van der Waals surface area contributed by atoms with Crippen LogP contribution in [-0.4, -0.2) is 18.1 Å². The number of nitrogens with zero attached hydrogens (tertiary/aromatic N) is 1. The van der Waals surface area contributed by atoms with Crippen LogP contribution in [0.2, 0.25) is 0 Å². The van der Waals surface area contributed by atoms with E-state index in [1.165, 1.54) is 31.5 Å². The molecule has 0 aromatic carbocycles. The molecule has 0 bridgehead atoms. The predicted molar refractivity (Wildman–Crippen MR) is 36.6 cm³/mol. The van der Waals surface area contributed by atoms with Crippen molar-refractivity contribution in [3.05, 3.63) is 11.8 Å². The number of fused-ring (bicyclic) bond motifs is 1. The molecule has 2 aliphatic heterocycles. The lowest BCUT2D eigenvalue weighted by Crippen LogP contribution is -2.34. The maximum Gasteiger partial charge on any atom is 0.0351 e. The Labute approximate surface area is 55.5 Å². The van der Waals surface area contributed by atoms with Crippen molar-refractivity contribution >= 4 is 0 Å². The molecule has 2 aliphatic rings. The lowest BCUT2D eigenvalue weighted by molar-refractivity contribution is 0.241. The van der Waals surface area contributed by atoms with Crippen LogP contribution in [0.25, 0.3) is 0 Å². The normalized spacial score (nSPS) is 25.8. The van der Waals surface area contributed by atoms with Crippen LogP contribution in [0.4, 0.5) is 0 Å². The van der Waals surface area contributed by atoms with Gasteiger partial charge in [0, 0.05) is 18.8 Å². The van der Waals surface area contributed by atoms with E-state index in [9.17, 15) is 0 Å². The molecule has 0 amide bonds. The summed E-state index contributed by atoms with van der Waals surface area (Å²) < 4.78 is 0. The largest absolute Gasteiger partial charge is 0.313 e. The third-order valence-corrected chi connectivity index (χ3v) is 2.03. The molecular formula is C7H12N2. The maximum atomic E-state index is 3.30. The van der Waals surface area contributed by atoms with Crippen molar-refractivity contribution in [3.8, 4) is 0 Å². The van der Waals surface area contributed by atoms with Crippen LogP contribution in [0.1, 0.15) is 19.3 Å². The minimum absolute atomic E-state index is 1.05. The molecule has 0 radical (unpaired) electrons. The Morgan fingerprint density at radius 3 is 3.33 bits per heavy atom. The smallest absolute Gasteiger partial charge is 0.0351 e. The van der Waals surface area contributed by atoms with Gasteiger partial charge in [0.2, 0.25) is 0 Å². The van der Waals surface area contributed by atoms with Crippen molar-refractivity contribution in [2.45, 2.75) is 19.3 Å². The number of hydrazine groups is 1. The molecule has 0 aromatic heterocycles. The highest BCUT2D eigenvalue weighted by molar-refractivity contribution is 5.07. The Balaban J connectivity index is 2.09. The minimum Gasteiger partial charge on any atom is -0.313 e. The number of hydrogen-bond donors (Lipinski definition) is 1. The van der Waals surface area contributed by atoms with Crippen molar-refractivity contribution in [3.63, 3.8) is 0 Å². The number of rotatable bonds is 0. The second-order valence-electron chi connectivity index (χ2n) is 2.67. The lowest BCUT2D eigenvalue weighted by atomic mass is 10.1. The fourth-order valence-corrected chi connectivity index (χ4v) is 1.52. The molecule has 0 atom stereocenters. The van der Waals surface area contributed by atoms with Crippen molar-refractivity contribution in [2.75, 3.05) is 13.1 Å². The highest BCUT2D eigenvalue weighted by Crippen LogP contribution is 2.20. The highest BCUT2D eigenvalue weighted by atomic mass is 15.5. The van der Waals surface area contributed by atoms with Gasteiger partial charge in [-0.15, -0.1) is 0 Å². The molecule has 0 aromatic rings. The van der Waals surface area contributed by atoms with Crippen LogP contribution in [0.3, 0.4) is 0 Å². The second-order valence-corrected chi connectivity index (χ2v) is 2.67. The summed E-state index contributed by atoms with van der Waals surface area (Å²) in [6.45, 7) is 2.27. The predicted octanol–water partition coefficient (Wildman–Crippen LogP) is 0.874. The Kier molecular flexibility index (Phi) is 1.19. The van der Waals surface area contributed by atoms with E-state index in [4.69, 9.17) is 0 Å². The van der Waals surface area contributed by atoms with Gasteiger partial charge in [-0.25, -0.2) is 5.43 Å². The first-order chi connectivity index (χ1) is 4.47. The van der Waals surface area contributed by atoms with E-state index >= 15 is 0 Å². The Morgan fingerprint density at radius 1 is 1.44 bits per heavy atom. The Morgan fingerprint density at radius 2 is 2.44 bits per heavy atom. The van der Waals surface area contributed by atoms with Gasteiger partial charge in [0.1, 0.15) is 0 Å². The number of nitrogens with one attached hydrogen (secondary N) is 1. The summed E-state index contributed by atoms with van der Waals surface area (Å²) >= 11 is 0. The van der Waals surface area contributed by atoms with E-state index in [0.717, 1.165) is 6.54 Å². The fourth-order valence-electron chi connectivity index (χ4n) is 1.52. The molecule has 50 valence electrons. The summed E-state index contributed by atoms with van der Waals surface area (Å²) in [5, 5.41) is 2.28. The third-order valence-electron chi connectivity index (χ3n) is 2.03.